The number of amides is 1. The van der Waals surface area contributed by atoms with Crippen LogP contribution in [0.15, 0.2) is 58.0 Å². The molecule has 0 radical (unpaired) electrons. The van der Waals surface area contributed by atoms with Crippen LogP contribution >= 0.6 is 0 Å². The molecular weight excluding hydrogens is 326 g/mol. The fourth-order valence-electron chi connectivity index (χ4n) is 3.33. The maximum Gasteiger partial charge on any atom is 0.223 e. The lowest BCUT2D eigenvalue weighted by Crippen LogP contribution is -2.48. The summed E-state index contributed by atoms with van der Waals surface area (Å²) >= 11 is 0. The van der Waals surface area contributed by atoms with Crippen molar-refractivity contribution in [3.05, 3.63) is 54.5 Å². The largest absolute Gasteiger partial charge is 0.467 e. The van der Waals surface area contributed by atoms with Crippen molar-refractivity contribution in [2.45, 2.75) is 42.4 Å². The first-order valence-corrected chi connectivity index (χ1v) is 9.72. The number of rotatable bonds is 5. The SMILES string of the molecule is CCCN1C(=O)CC[C@@H](S(=O)(=O)c2ccccc2)[C@@H]1c1ccco1. The predicted octanol–water partition coefficient (Wildman–Crippen LogP) is 3.20. The van der Waals surface area contributed by atoms with E-state index in [1.165, 1.54) is 6.26 Å². The van der Waals surface area contributed by atoms with Crippen LogP contribution < -0.4 is 0 Å². The summed E-state index contributed by atoms with van der Waals surface area (Å²) < 4.78 is 31.8. The molecule has 1 aliphatic rings. The van der Waals surface area contributed by atoms with Gasteiger partial charge in [-0.2, -0.15) is 0 Å². The summed E-state index contributed by atoms with van der Waals surface area (Å²) in [5.74, 6) is 0.513. The highest BCUT2D eigenvalue weighted by molar-refractivity contribution is 7.92. The molecule has 5 nitrogen and oxygen atoms in total. The van der Waals surface area contributed by atoms with Gasteiger partial charge >= 0.3 is 0 Å². The minimum atomic E-state index is -3.57. The van der Waals surface area contributed by atoms with Gasteiger partial charge in [-0.15, -0.1) is 0 Å². The third-order valence-electron chi connectivity index (χ3n) is 4.42. The first-order valence-electron chi connectivity index (χ1n) is 8.17. The zero-order chi connectivity index (χ0) is 17.2. The third kappa shape index (κ3) is 2.98. The monoisotopic (exact) mass is 347 g/mol. The van der Waals surface area contributed by atoms with Gasteiger partial charge in [-0.3, -0.25) is 4.79 Å². The molecule has 6 heteroatoms. The summed E-state index contributed by atoms with van der Waals surface area (Å²) in [5.41, 5.74) is 0. The first-order chi connectivity index (χ1) is 11.6. The molecule has 0 aliphatic carbocycles. The number of likely N-dealkylation sites (tertiary alicyclic amines) is 1. The van der Waals surface area contributed by atoms with Crippen molar-refractivity contribution in [2.24, 2.45) is 0 Å². The molecule has 1 saturated heterocycles. The van der Waals surface area contributed by atoms with Gasteiger partial charge in [0.2, 0.25) is 5.91 Å². The van der Waals surface area contributed by atoms with E-state index in [2.05, 4.69) is 0 Å². The highest BCUT2D eigenvalue weighted by Gasteiger charge is 2.45. The van der Waals surface area contributed by atoms with Crippen molar-refractivity contribution in [1.29, 1.82) is 0 Å². The number of piperidine rings is 1. The van der Waals surface area contributed by atoms with Crippen LogP contribution in [-0.4, -0.2) is 31.0 Å². The number of carbonyl (C=O) groups excluding carboxylic acids is 1. The van der Waals surface area contributed by atoms with E-state index in [1.54, 1.807) is 47.4 Å². The average molecular weight is 347 g/mol. The Balaban J connectivity index is 2.06. The predicted molar refractivity (Wildman–Crippen MR) is 90.1 cm³/mol. The van der Waals surface area contributed by atoms with E-state index in [0.29, 0.717) is 18.7 Å². The smallest absolute Gasteiger partial charge is 0.223 e. The summed E-state index contributed by atoms with van der Waals surface area (Å²) in [6.07, 6.45) is 2.83. The minimum Gasteiger partial charge on any atom is -0.467 e. The third-order valence-corrected chi connectivity index (χ3v) is 6.64. The van der Waals surface area contributed by atoms with Gasteiger partial charge in [-0.25, -0.2) is 8.42 Å². The first kappa shape index (κ1) is 16.8. The number of nitrogens with zero attached hydrogens (tertiary/aromatic N) is 1. The molecule has 1 amide bonds. The van der Waals surface area contributed by atoms with Crippen LogP contribution in [-0.2, 0) is 14.6 Å². The summed E-state index contributed by atoms with van der Waals surface area (Å²) in [7, 11) is -3.57. The fraction of sp³-hybridized carbons (Fsp3) is 0.389. The summed E-state index contributed by atoms with van der Waals surface area (Å²) in [5, 5.41) is -0.699. The standard InChI is InChI=1S/C18H21NO4S/c1-2-12-19-17(20)11-10-16(18(19)15-9-6-13-23-15)24(21,22)14-7-4-3-5-8-14/h3-9,13,16,18H,2,10-12H2,1H3/t16-,18+/m1/s1. The maximum absolute atomic E-state index is 13.2. The second kappa shape index (κ2) is 6.81. The molecule has 2 heterocycles. The van der Waals surface area contributed by atoms with Gasteiger partial charge in [0.05, 0.1) is 16.4 Å². The maximum atomic E-state index is 13.2. The van der Waals surface area contributed by atoms with E-state index in [1.807, 2.05) is 6.92 Å². The van der Waals surface area contributed by atoms with Crippen molar-refractivity contribution >= 4 is 15.7 Å². The van der Waals surface area contributed by atoms with E-state index in [9.17, 15) is 13.2 Å². The lowest BCUT2D eigenvalue weighted by molar-refractivity contribution is -0.136. The van der Waals surface area contributed by atoms with Crippen LogP contribution in [0.5, 0.6) is 0 Å². The van der Waals surface area contributed by atoms with Gasteiger partial charge in [0.25, 0.3) is 0 Å². The van der Waals surface area contributed by atoms with Crippen molar-refractivity contribution in [2.75, 3.05) is 6.54 Å². The average Bonchev–Trinajstić information content (AvgIpc) is 3.11. The Morgan fingerprint density at radius 2 is 1.92 bits per heavy atom. The van der Waals surface area contributed by atoms with E-state index >= 15 is 0 Å². The highest BCUT2D eigenvalue weighted by Crippen LogP contribution is 2.38. The summed E-state index contributed by atoms with van der Waals surface area (Å²) in [4.78, 5) is 14.3. The van der Waals surface area contributed by atoms with E-state index < -0.39 is 21.1 Å². The topological polar surface area (TPSA) is 67.6 Å². The molecule has 128 valence electrons. The van der Waals surface area contributed by atoms with Gasteiger partial charge < -0.3 is 9.32 Å². The van der Waals surface area contributed by atoms with Gasteiger partial charge in [0, 0.05) is 13.0 Å². The molecule has 1 fully saturated rings. The van der Waals surface area contributed by atoms with Crippen molar-refractivity contribution in [1.82, 2.24) is 4.90 Å². The second-order valence-corrected chi connectivity index (χ2v) is 8.15. The molecule has 0 unspecified atom stereocenters. The molecule has 24 heavy (non-hydrogen) atoms. The molecular formula is C18H21NO4S. The van der Waals surface area contributed by atoms with Crippen molar-refractivity contribution in [3.63, 3.8) is 0 Å². The Kier molecular flexibility index (Phi) is 4.76. The molecule has 1 aliphatic heterocycles. The fourth-order valence-corrected chi connectivity index (χ4v) is 5.27. The molecule has 2 aromatic rings. The van der Waals surface area contributed by atoms with Crippen LogP contribution in [0.25, 0.3) is 0 Å². The Morgan fingerprint density at radius 1 is 1.17 bits per heavy atom. The lowest BCUT2D eigenvalue weighted by atomic mass is 9.98. The number of carbonyl (C=O) groups is 1. The van der Waals surface area contributed by atoms with Gasteiger partial charge in [0.15, 0.2) is 9.84 Å². The Bertz CT molecular complexity index is 784. The van der Waals surface area contributed by atoms with Gasteiger partial charge in [-0.05, 0) is 37.1 Å². The molecule has 1 aromatic heterocycles. The summed E-state index contributed by atoms with van der Waals surface area (Å²) in [6.45, 7) is 2.49. The van der Waals surface area contributed by atoms with Crippen LogP contribution in [0, 0.1) is 0 Å². The normalized spacial score (nSPS) is 21.9. The van der Waals surface area contributed by atoms with Crippen molar-refractivity contribution < 1.29 is 17.6 Å². The van der Waals surface area contributed by atoms with Crippen molar-refractivity contribution in [3.8, 4) is 0 Å². The molecule has 0 saturated carbocycles. The molecule has 3 rings (SSSR count). The Labute approximate surface area is 142 Å². The zero-order valence-corrected chi connectivity index (χ0v) is 14.4. The van der Waals surface area contributed by atoms with Crippen LogP contribution in [0.2, 0.25) is 0 Å². The lowest BCUT2D eigenvalue weighted by Gasteiger charge is -2.39. The molecule has 0 bridgehead atoms. The Morgan fingerprint density at radius 3 is 2.54 bits per heavy atom. The van der Waals surface area contributed by atoms with E-state index in [4.69, 9.17) is 4.42 Å². The van der Waals surface area contributed by atoms with Gasteiger partial charge in [0.1, 0.15) is 11.8 Å². The van der Waals surface area contributed by atoms with E-state index in [0.717, 1.165) is 6.42 Å². The summed E-state index contributed by atoms with van der Waals surface area (Å²) in [6, 6.07) is 11.3. The highest BCUT2D eigenvalue weighted by atomic mass is 32.2. The zero-order valence-electron chi connectivity index (χ0n) is 13.6. The molecule has 0 N–H and O–H groups in total. The molecule has 0 spiro atoms. The molecule has 1 aromatic carbocycles. The van der Waals surface area contributed by atoms with Crippen LogP contribution in [0.3, 0.4) is 0 Å². The number of sulfone groups is 1. The minimum absolute atomic E-state index is 0.0160. The van der Waals surface area contributed by atoms with Crippen LogP contribution in [0.1, 0.15) is 38.0 Å². The Hall–Kier alpha value is -2.08. The van der Waals surface area contributed by atoms with E-state index in [-0.39, 0.29) is 17.2 Å². The second-order valence-electron chi connectivity index (χ2n) is 5.98. The number of furan rings is 1. The number of hydrogen-bond donors (Lipinski definition) is 0. The van der Waals surface area contributed by atoms with Crippen LogP contribution in [0.4, 0.5) is 0 Å². The van der Waals surface area contributed by atoms with Gasteiger partial charge in [-0.1, -0.05) is 25.1 Å². The quantitative estimate of drug-likeness (QED) is 0.833. The molecule has 2 atom stereocenters. The number of benzene rings is 1. The number of hydrogen-bond acceptors (Lipinski definition) is 4.